The third kappa shape index (κ3) is 9.26. The van der Waals surface area contributed by atoms with Crippen LogP contribution in [-0.4, -0.2) is 94.3 Å². The molecule has 0 atom stereocenters. The second kappa shape index (κ2) is 17.2. The van der Waals surface area contributed by atoms with Crippen LogP contribution in [0, 0.1) is 0 Å². The summed E-state index contributed by atoms with van der Waals surface area (Å²) in [6, 6.07) is 8.05. The van der Waals surface area contributed by atoms with E-state index >= 15 is 0 Å². The van der Waals surface area contributed by atoms with E-state index < -0.39 is 0 Å². The third-order valence-corrected chi connectivity index (χ3v) is 7.65. The average Bonchev–Trinajstić information content (AvgIpc) is 3.57. The Hall–Kier alpha value is -2.99. The van der Waals surface area contributed by atoms with E-state index in [4.69, 9.17) is 23.9 Å². The van der Waals surface area contributed by atoms with E-state index in [1.165, 1.54) is 12.8 Å². The summed E-state index contributed by atoms with van der Waals surface area (Å²) in [7, 11) is 1.78. The first-order chi connectivity index (χ1) is 20.7. The molecule has 0 bridgehead atoms. The zero-order valence-electron chi connectivity index (χ0n) is 25.5. The van der Waals surface area contributed by atoms with Crippen molar-refractivity contribution in [2.45, 2.75) is 64.5 Å². The third-order valence-electron chi connectivity index (χ3n) is 7.65. The molecule has 0 spiro atoms. The van der Waals surface area contributed by atoms with Crippen molar-refractivity contribution < 1.29 is 23.7 Å². The lowest BCUT2D eigenvalue weighted by Gasteiger charge is -2.37. The Labute approximate surface area is 250 Å². The minimum Gasteiger partial charge on any atom is -0.491 e. The van der Waals surface area contributed by atoms with Gasteiger partial charge in [-0.15, -0.1) is 0 Å². The number of carbonyl (C=O) groups excluding carboxylic acids is 1. The van der Waals surface area contributed by atoms with Crippen molar-refractivity contribution in [1.82, 2.24) is 15.3 Å². The maximum absolute atomic E-state index is 12.6. The zero-order chi connectivity index (χ0) is 29.6. The summed E-state index contributed by atoms with van der Waals surface area (Å²) in [5.41, 5.74) is 1.58. The molecule has 0 unspecified atom stereocenters. The lowest BCUT2D eigenvalue weighted by atomic mass is 10.1. The second-order valence-electron chi connectivity index (χ2n) is 10.5. The molecular formula is C31H48N6O5. The average molecular weight is 585 g/mol. The van der Waals surface area contributed by atoms with Crippen molar-refractivity contribution in [2.24, 2.45) is 0 Å². The van der Waals surface area contributed by atoms with E-state index in [9.17, 15) is 4.79 Å². The van der Waals surface area contributed by atoms with Gasteiger partial charge in [-0.2, -0.15) is 4.98 Å². The van der Waals surface area contributed by atoms with E-state index in [2.05, 4.69) is 20.5 Å². The summed E-state index contributed by atoms with van der Waals surface area (Å²) >= 11 is 0. The van der Waals surface area contributed by atoms with Gasteiger partial charge in [0.2, 0.25) is 11.9 Å². The molecule has 0 radical (unpaired) electrons. The van der Waals surface area contributed by atoms with Crippen LogP contribution in [0.5, 0.6) is 5.75 Å². The summed E-state index contributed by atoms with van der Waals surface area (Å²) in [5, 5.41) is 6.63. The normalized spacial score (nSPS) is 17.5. The van der Waals surface area contributed by atoms with Gasteiger partial charge >= 0.3 is 0 Å². The maximum atomic E-state index is 12.6. The Morgan fingerprint density at radius 1 is 0.976 bits per heavy atom. The van der Waals surface area contributed by atoms with Crippen molar-refractivity contribution in [3.05, 3.63) is 30.5 Å². The number of piperidine rings is 1. The van der Waals surface area contributed by atoms with Crippen LogP contribution in [0.3, 0.4) is 0 Å². The lowest BCUT2D eigenvalue weighted by Crippen LogP contribution is -2.48. The molecule has 11 nitrogen and oxygen atoms in total. The molecule has 1 amide bonds. The van der Waals surface area contributed by atoms with Gasteiger partial charge in [0.05, 0.1) is 51.9 Å². The predicted molar refractivity (Wildman–Crippen MR) is 165 cm³/mol. The second-order valence-corrected chi connectivity index (χ2v) is 10.5. The van der Waals surface area contributed by atoms with Crippen LogP contribution in [0.4, 0.5) is 23.1 Å². The van der Waals surface area contributed by atoms with Gasteiger partial charge in [0.25, 0.3) is 0 Å². The molecule has 232 valence electrons. The van der Waals surface area contributed by atoms with Gasteiger partial charge in [0.15, 0.2) is 5.82 Å². The van der Waals surface area contributed by atoms with Crippen LogP contribution >= 0.6 is 0 Å². The highest BCUT2D eigenvalue weighted by atomic mass is 16.6. The van der Waals surface area contributed by atoms with E-state index in [1.54, 1.807) is 18.1 Å². The number of likely N-dealkylation sites (N-methyl/N-ethyl adjacent to an activating group) is 1. The van der Waals surface area contributed by atoms with Crippen LogP contribution in [0.15, 0.2) is 30.5 Å². The maximum Gasteiger partial charge on any atom is 0.246 e. The van der Waals surface area contributed by atoms with Gasteiger partial charge in [-0.1, -0.05) is 32.8 Å². The van der Waals surface area contributed by atoms with E-state index in [1.807, 2.05) is 38.1 Å². The lowest BCUT2D eigenvalue weighted by molar-refractivity contribution is -0.117. The van der Waals surface area contributed by atoms with Crippen molar-refractivity contribution in [2.75, 3.05) is 81.4 Å². The molecule has 5 rings (SSSR count). The number of hydrogen-bond acceptors (Lipinski definition) is 10. The summed E-state index contributed by atoms with van der Waals surface area (Å²) in [6.07, 6.45) is 8.80. The summed E-state index contributed by atoms with van der Waals surface area (Å²) < 4.78 is 22.9. The topological polar surface area (TPSA) is 110 Å². The number of amides is 1. The minimum absolute atomic E-state index is 0.0719. The monoisotopic (exact) mass is 584 g/mol. The van der Waals surface area contributed by atoms with Crippen LogP contribution in [-0.2, 0) is 19.0 Å². The van der Waals surface area contributed by atoms with Crippen LogP contribution in [0.1, 0.15) is 52.4 Å². The summed E-state index contributed by atoms with van der Waals surface area (Å²) in [6.45, 7) is 9.62. The minimum atomic E-state index is 0.0719. The molecule has 2 aliphatic heterocycles. The van der Waals surface area contributed by atoms with Crippen molar-refractivity contribution in [3.8, 4) is 5.75 Å². The Kier molecular flexibility index (Phi) is 13.1. The van der Waals surface area contributed by atoms with E-state index in [-0.39, 0.29) is 5.91 Å². The van der Waals surface area contributed by atoms with Gasteiger partial charge in [-0.3, -0.25) is 4.79 Å². The number of carbonyl (C=O) groups is 1. The quantitative estimate of drug-likeness (QED) is 0.314. The molecule has 2 fully saturated rings. The Morgan fingerprint density at radius 2 is 1.69 bits per heavy atom. The molecule has 3 aliphatic rings. The summed E-state index contributed by atoms with van der Waals surface area (Å²) in [5.74, 6) is 2.11. The van der Waals surface area contributed by atoms with Crippen molar-refractivity contribution in [1.29, 1.82) is 0 Å². The Bertz CT molecular complexity index is 1090. The first kappa shape index (κ1) is 31.9. The smallest absolute Gasteiger partial charge is 0.246 e. The van der Waals surface area contributed by atoms with E-state index in [0.29, 0.717) is 64.3 Å². The van der Waals surface area contributed by atoms with Gasteiger partial charge in [-0.25, -0.2) is 4.98 Å². The van der Waals surface area contributed by atoms with Gasteiger partial charge < -0.3 is 39.4 Å². The van der Waals surface area contributed by atoms with Gasteiger partial charge in [-0.05, 0) is 50.9 Å². The standard InChI is InChI=1S/C29H42N6O5.C2H6/c1-34-26-20-31-29(33-28(26)35(21-27(34)36)23-6-2-3-7-23)32-22-5-4-8-25(19-22)40-18-16-38-14-13-37-15-17-39-24-9-11-30-12-10-24;1-2/h4-5,8,19-20,23-24,30H,2-3,6-7,9-18,21H2,1H3,(H,31,32,33);1-2H3. The molecule has 2 aromatic rings. The first-order valence-corrected chi connectivity index (χ1v) is 15.6. The number of ether oxygens (including phenoxy) is 4. The van der Waals surface area contributed by atoms with E-state index in [0.717, 1.165) is 61.7 Å². The van der Waals surface area contributed by atoms with Crippen LogP contribution in [0.2, 0.25) is 0 Å². The highest BCUT2D eigenvalue weighted by Crippen LogP contribution is 2.36. The number of rotatable bonds is 14. The fourth-order valence-corrected chi connectivity index (χ4v) is 5.42. The molecule has 3 heterocycles. The molecule has 1 aromatic heterocycles. The molecular weight excluding hydrogens is 536 g/mol. The molecule has 42 heavy (non-hydrogen) atoms. The number of fused-ring (bicyclic) bond motifs is 1. The van der Waals surface area contributed by atoms with Crippen LogP contribution < -0.4 is 25.2 Å². The van der Waals surface area contributed by atoms with Crippen LogP contribution in [0.25, 0.3) is 0 Å². The predicted octanol–water partition coefficient (Wildman–Crippen LogP) is 4.15. The van der Waals surface area contributed by atoms with Gasteiger partial charge in [0, 0.05) is 24.8 Å². The van der Waals surface area contributed by atoms with Crippen molar-refractivity contribution >= 4 is 29.0 Å². The summed E-state index contributed by atoms with van der Waals surface area (Å²) in [4.78, 5) is 25.7. The fourth-order valence-electron chi connectivity index (χ4n) is 5.42. The Balaban J connectivity index is 0.00000198. The molecule has 1 aromatic carbocycles. The molecule has 1 aliphatic carbocycles. The largest absolute Gasteiger partial charge is 0.491 e. The number of nitrogens with one attached hydrogen (secondary N) is 2. The number of hydrogen-bond donors (Lipinski definition) is 2. The number of benzene rings is 1. The number of aromatic nitrogens is 2. The highest BCUT2D eigenvalue weighted by Gasteiger charge is 2.34. The molecule has 11 heteroatoms. The SMILES string of the molecule is CC.CN1C(=O)CN(C2CCCC2)c2nc(Nc3cccc(OCCOCCOCCOC4CCNCC4)c3)ncc21. The molecule has 1 saturated carbocycles. The Morgan fingerprint density at radius 3 is 2.45 bits per heavy atom. The fraction of sp³-hybridized carbons (Fsp3) is 0.645. The number of nitrogens with zero attached hydrogens (tertiary/aromatic N) is 4. The molecule has 2 N–H and O–H groups in total. The van der Waals surface area contributed by atoms with Gasteiger partial charge in [0.1, 0.15) is 18.0 Å². The zero-order valence-corrected chi connectivity index (χ0v) is 25.5. The first-order valence-electron chi connectivity index (χ1n) is 15.6. The number of anilines is 4. The molecule has 1 saturated heterocycles. The highest BCUT2D eigenvalue weighted by molar-refractivity contribution is 6.02. The van der Waals surface area contributed by atoms with Crippen molar-refractivity contribution in [3.63, 3.8) is 0 Å².